The van der Waals surface area contributed by atoms with Gasteiger partial charge in [0.1, 0.15) is 12.3 Å². The van der Waals surface area contributed by atoms with Crippen LogP contribution in [-0.4, -0.2) is 23.3 Å². The number of para-hydroxylation sites is 1. The molecule has 0 fully saturated rings. The highest BCUT2D eigenvalue weighted by molar-refractivity contribution is 7.12. The summed E-state index contributed by atoms with van der Waals surface area (Å²) in [6.45, 7) is 0.193. The second-order valence-electron chi connectivity index (χ2n) is 5.13. The first kappa shape index (κ1) is 16.0. The molecule has 122 valence electrons. The van der Waals surface area contributed by atoms with Crippen LogP contribution in [0.1, 0.15) is 15.4 Å². The number of anilines is 1. The number of furan rings is 1. The van der Waals surface area contributed by atoms with Gasteiger partial charge in [0.25, 0.3) is 5.91 Å². The lowest BCUT2D eigenvalue weighted by atomic mass is 10.3. The maximum absolute atomic E-state index is 12.6. The number of carbonyl (C=O) groups is 2. The minimum Gasteiger partial charge on any atom is -0.467 e. The van der Waals surface area contributed by atoms with Crippen molar-refractivity contribution in [3.05, 3.63) is 76.9 Å². The van der Waals surface area contributed by atoms with E-state index >= 15 is 0 Å². The van der Waals surface area contributed by atoms with Gasteiger partial charge >= 0.3 is 0 Å². The molecule has 2 heterocycles. The summed E-state index contributed by atoms with van der Waals surface area (Å²) in [5.74, 6) is 0.190. The van der Waals surface area contributed by atoms with Gasteiger partial charge in [0.05, 0.1) is 17.7 Å². The zero-order chi connectivity index (χ0) is 16.8. The molecule has 2 amide bonds. The van der Waals surface area contributed by atoms with Gasteiger partial charge in [-0.2, -0.15) is 0 Å². The molecule has 0 aliphatic heterocycles. The van der Waals surface area contributed by atoms with Crippen LogP contribution < -0.4 is 5.32 Å². The molecule has 1 aromatic carbocycles. The normalized spacial score (nSPS) is 10.3. The molecule has 5 nitrogen and oxygen atoms in total. The van der Waals surface area contributed by atoms with E-state index in [1.807, 2.05) is 29.6 Å². The maximum Gasteiger partial charge on any atom is 0.264 e. The lowest BCUT2D eigenvalue weighted by molar-refractivity contribution is -0.117. The smallest absolute Gasteiger partial charge is 0.264 e. The Morgan fingerprint density at radius 2 is 1.88 bits per heavy atom. The van der Waals surface area contributed by atoms with Crippen LogP contribution in [0.4, 0.5) is 5.69 Å². The van der Waals surface area contributed by atoms with E-state index in [1.54, 1.807) is 36.6 Å². The standard InChI is InChI=1S/C18H16N2O3S/c21-17(19-14-6-2-1-3-7-14)13-20(12-15-8-4-10-23-15)18(22)16-9-5-11-24-16/h1-11H,12-13H2,(H,19,21). The molecule has 3 aromatic rings. The number of rotatable bonds is 6. The molecule has 0 saturated heterocycles. The van der Waals surface area contributed by atoms with Gasteiger partial charge in [0.15, 0.2) is 0 Å². The molecule has 3 rings (SSSR count). The molecule has 0 bridgehead atoms. The van der Waals surface area contributed by atoms with E-state index in [-0.39, 0.29) is 24.9 Å². The molecular weight excluding hydrogens is 324 g/mol. The summed E-state index contributed by atoms with van der Waals surface area (Å²) >= 11 is 1.35. The number of nitrogens with zero attached hydrogens (tertiary/aromatic N) is 1. The molecule has 24 heavy (non-hydrogen) atoms. The van der Waals surface area contributed by atoms with Gasteiger partial charge in [0, 0.05) is 5.69 Å². The average Bonchev–Trinajstić information content (AvgIpc) is 3.28. The fraction of sp³-hybridized carbons (Fsp3) is 0.111. The van der Waals surface area contributed by atoms with Crippen LogP contribution in [-0.2, 0) is 11.3 Å². The molecule has 0 aliphatic carbocycles. The van der Waals surface area contributed by atoms with Crippen molar-refractivity contribution >= 4 is 28.8 Å². The third kappa shape index (κ3) is 4.11. The summed E-state index contributed by atoms with van der Waals surface area (Å²) in [5.41, 5.74) is 0.698. The maximum atomic E-state index is 12.6. The first-order valence-corrected chi connectivity index (χ1v) is 8.30. The van der Waals surface area contributed by atoms with Gasteiger partial charge in [0.2, 0.25) is 5.91 Å². The number of amides is 2. The quantitative estimate of drug-likeness (QED) is 0.745. The van der Waals surface area contributed by atoms with Gasteiger partial charge in [-0.15, -0.1) is 11.3 Å². The van der Waals surface area contributed by atoms with Gasteiger partial charge < -0.3 is 14.6 Å². The Bertz CT molecular complexity index is 783. The number of benzene rings is 1. The Morgan fingerprint density at radius 3 is 2.54 bits per heavy atom. The largest absolute Gasteiger partial charge is 0.467 e. The lowest BCUT2D eigenvalue weighted by Gasteiger charge is -2.20. The van der Waals surface area contributed by atoms with Crippen LogP contribution in [0.3, 0.4) is 0 Å². The van der Waals surface area contributed by atoms with Crippen molar-refractivity contribution in [1.29, 1.82) is 0 Å². The van der Waals surface area contributed by atoms with Crippen LogP contribution >= 0.6 is 11.3 Å². The fourth-order valence-corrected chi connectivity index (χ4v) is 2.93. The highest BCUT2D eigenvalue weighted by atomic mass is 32.1. The van der Waals surface area contributed by atoms with Crippen molar-refractivity contribution in [3.8, 4) is 0 Å². The highest BCUT2D eigenvalue weighted by Gasteiger charge is 2.21. The van der Waals surface area contributed by atoms with Crippen molar-refractivity contribution in [1.82, 2.24) is 4.90 Å². The first-order valence-electron chi connectivity index (χ1n) is 7.42. The summed E-state index contributed by atoms with van der Waals surface area (Å²) in [6.07, 6.45) is 1.55. The predicted molar refractivity (Wildman–Crippen MR) is 92.8 cm³/mol. The minimum absolute atomic E-state index is 0.0493. The third-order valence-corrected chi connectivity index (χ3v) is 4.20. The molecule has 0 aliphatic rings. The second kappa shape index (κ2) is 7.61. The topological polar surface area (TPSA) is 62.6 Å². The molecule has 0 atom stereocenters. The monoisotopic (exact) mass is 340 g/mol. The van der Waals surface area contributed by atoms with E-state index < -0.39 is 0 Å². The van der Waals surface area contributed by atoms with Crippen LogP contribution in [0.5, 0.6) is 0 Å². The molecule has 0 radical (unpaired) electrons. The molecule has 1 N–H and O–H groups in total. The van der Waals surface area contributed by atoms with Crippen molar-refractivity contribution in [2.24, 2.45) is 0 Å². The van der Waals surface area contributed by atoms with E-state index in [9.17, 15) is 9.59 Å². The molecule has 0 unspecified atom stereocenters. The summed E-state index contributed by atoms with van der Waals surface area (Å²) in [4.78, 5) is 27.0. The van der Waals surface area contributed by atoms with Crippen LogP contribution in [0.25, 0.3) is 0 Å². The highest BCUT2D eigenvalue weighted by Crippen LogP contribution is 2.15. The third-order valence-electron chi connectivity index (χ3n) is 3.34. The Labute approximate surface area is 143 Å². The van der Waals surface area contributed by atoms with E-state index in [1.165, 1.54) is 16.2 Å². The molecule has 6 heteroatoms. The van der Waals surface area contributed by atoms with Crippen molar-refractivity contribution in [3.63, 3.8) is 0 Å². The summed E-state index contributed by atoms with van der Waals surface area (Å²) in [6, 6.07) is 16.3. The van der Waals surface area contributed by atoms with Crippen molar-refractivity contribution in [2.75, 3.05) is 11.9 Å². The molecule has 2 aromatic heterocycles. The van der Waals surface area contributed by atoms with Crippen molar-refractivity contribution in [2.45, 2.75) is 6.54 Å². The molecular formula is C18H16N2O3S. The average molecular weight is 340 g/mol. The number of hydrogen-bond acceptors (Lipinski definition) is 4. The summed E-state index contributed by atoms with van der Waals surface area (Å²) < 4.78 is 5.31. The fourth-order valence-electron chi connectivity index (χ4n) is 2.24. The lowest BCUT2D eigenvalue weighted by Crippen LogP contribution is -2.37. The van der Waals surface area contributed by atoms with Crippen LogP contribution in [0, 0.1) is 0 Å². The number of nitrogens with one attached hydrogen (secondary N) is 1. The van der Waals surface area contributed by atoms with Crippen molar-refractivity contribution < 1.29 is 14.0 Å². The van der Waals surface area contributed by atoms with Crippen LogP contribution in [0.2, 0.25) is 0 Å². The van der Waals surface area contributed by atoms with E-state index in [0.29, 0.717) is 16.3 Å². The van der Waals surface area contributed by atoms with E-state index in [4.69, 9.17) is 4.42 Å². The van der Waals surface area contributed by atoms with Gasteiger partial charge in [-0.1, -0.05) is 24.3 Å². The van der Waals surface area contributed by atoms with E-state index in [0.717, 1.165) is 0 Å². The summed E-state index contributed by atoms with van der Waals surface area (Å²) in [7, 11) is 0. The van der Waals surface area contributed by atoms with Gasteiger partial charge in [-0.05, 0) is 35.7 Å². The number of carbonyl (C=O) groups excluding carboxylic acids is 2. The number of thiophene rings is 1. The second-order valence-corrected chi connectivity index (χ2v) is 6.08. The molecule has 0 saturated carbocycles. The van der Waals surface area contributed by atoms with Gasteiger partial charge in [-0.25, -0.2) is 0 Å². The summed E-state index contributed by atoms with van der Waals surface area (Å²) in [5, 5.41) is 4.63. The minimum atomic E-state index is -0.252. The number of hydrogen-bond donors (Lipinski definition) is 1. The molecule has 0 spiro atoms. The first-order chi connectivity index (χ1) is 11.7. The Hall–Kier alpha value is -2.86. The zero-order valence-corrected chi connectivity index (χ0v) is 13.7. The Morgan fingerprint density at radius 1 is 1.04 bits per heavy atom. The Kier molecular flexibility index (Phi) is 5.08. The predicted octanol–water partition coefficient (Wildman–Crippen LogP) is 3.62. The zero-order valence-electron chi connectivity index (χ0n) is 12.8. The van der Waals surface area contributed by atoms with Gasteiger partial charge in [-0.3, -0.25) is 9.59 Å². The van der Waals surface area contributed by atoms with E-state index in [2.05, 4.69) is 5.32 Å². The van der Waals surface area contributed by atoms with Crippen LogP contribution in [0.15, 0.2) is 70.7 Å². The Balaban J connectivity index is 1.71. The SMILES string of the molecule is O=C(CN(Cc1ccco1)C(=O)c1cccs1)Nc1ccccc1.